The predicted octanol–water partition coefficient (Wildman–Crippen LogP) is 3.61. The van der Waals surface area contributed by atoms with Gasteiger partial charge in [-0.3, -0.25) is 0 Å². The van der Waals surface area contributed by atoms with Gasteiger partial charge in [-0.1, -0.05) is 6.07 Å². The van der Waals surface area contributed by atoms with Gasteiger partial charge >= 0.3 is 0 Å². The van der Waals surface area contributed by atoms with E-state index in [2.05, 4.69) is 44.5 Å². The fraction of sp³-hybridized carbons (Fsp3) is 0.353. The van der Waals surface area contributed by atoms with E-state index in [0.29, 0.717) is 5.92 Å². The number of aromatic nitrogens is 2. The summed E-state index contributed by atoms with van der Waals surface area (Å²) in [6, 6.07) is 10.9. The number of hydrogen-bond acceptors (Lipinski definition) is 3. The Hall–Kier alpha value is -1.65. The van der Waals surface area contributed by atoms with Crippen molar-refractivity contribution >= 4 is 22.4 Å². The molecule has 108 valence electrons. The molecule has 1 aliphatic heterocycles. The minimum Gasteiger partial charge on any atom is -0.324 e. The molecule has 4 heteroatoms. The second kappa shape index (κ2) is 5.62. The fourth-order valence-electron chi connectivity index (χ4n) is 3.27. The molecule has 0 aromatic carbocycles. The first-order valence-electron chi connectivity index (χ1n) is 7.59. The van der Waals surface area contributed by atoms with Gasteiger partial charge in [0.25, 0.3) is 0 Å². The quantitative estimate of drug-likeness (QED) is 0.800. The largest absolute Gasteiger partial charge is 0.324 e. The van der Waals surface area contributed by atoms with Gasteiger partial charge in [-0.15, -0.1) is 11.3 Å². The lowest BCUT2D eigenvalue weighted by Gasteiger charge is -2.24. The second-order valence-corrected chi connectivity index (χ2v) is 6.73. The highest BCUT2D eigenvalue weighted by atomic mass is 32.1. The zero-order chi connectivity index (χ0) is 14.1. The first kappa shape index (κ1) is 13.0. The predicted molar refractivity (Wildman–Crippen MR) is 88.0 cm³/mol. The lowest BCUT2D eigenvalue weighted by molar-refractivity contribution is 0.445. The number of nitrogens with zero attached hydrogens (tertiary/aromatic N) is 2. The SMILES string of the molecule is c1csc(Cn2c(C3CCCNC3)cc3cccnc32)c1. The molecule has 3 aromatic rings. The summed E-state index contributed by atoms with van der Waals surface area (Å²) in [5.41, 5.74) is 2.55. The standard InChI is InChI=1S/C17H19N3S/c1-5-14(11-18-7-1)16-10-13-4-2-8-19-17(13)20(16)12-15-6-3-9-21-15/h2-4,6,8-10,14,18H,1,5,7,11-12H2. The molecule has 3 aromatic heterocycles. The molecule has 0 saturated carbocycles. The third kappa shape index (κ3) is 2.49. The summed E-state index contributed by atoms with van der Waals surface area (Å²) in [7, 11) is 0. The van der Waals surface area contributed by atoms with Crippen molar-refractivity contribution in [3.8, 4) is 0 Å². The average molecular weight is 297 g/mol. The van der Waals surface area contributed by atoms with Crippen LogP contribution in [0, 0.1) is 0 Å². The number of rotatable bonds is 3. The molecule has 1 N–H and O–H groups in total. The van der Waals surface area contributed by atoms with E-state index in [0.717, 1.165) is 25.3 Å². The minimum absolute atomic E-state index is 0.605. The van der Waals surface area contributed by atoms with Crippen LogP contribution in [0.5, 0.6) is 0 Å². The Morgan fingerprint density at radius 1 is 1.33 bits per heavy atom. The Labute approximate surface area is 128 Å². The van der Waals surface area contributed by atoms with Crippen molar-refractivity contribution in [2.45, 2.75) is 25.3 Å². The van der Waals surface area contributed by atoms with Gasteiger partial charge in [-0.05, 0) is 49.0 Å². The average Bonchev–Trinajstić information content (AvgIpc) is 3.17. The molecule has 0 amide bonds. The molecule has 4 rings (SSSR count). The highest BCUT2D eigenvalue weighted by Gasteiger charge is 2.21. The highest BCUT2D eigenvalue weighted by molar-refractivity contribution is 7.09. The summed E-state index contributed by atoms with van der Waals surface area (Å²) in [6.45, 7) is 3.17. The Kier molecular flexibility index (Phi) is 3.49. The molecule has 21 heavy (non-hydrogen) atoms. The van der Waals surface area contributed by atoms with Crippen LogP contribution in [0.2, 0.25) is 0 Å². The van der Waals surface area contributed by atoms with Crippen molar-refractivity contribution in [1.82, 2.24) is 14.9 Å². The molecule has 0 aliphatic carbocycles. The van der Waals surface area contributed by atoms with Crippen LogP contribution in [-0.4, -0.2) is 22.6 Å². The van der Waals surface area contributed by atoms with Gasteiger partial charge in [0.1, 0.15) is 5.65 Å². The van der Waals surface area contributed by atoms with Gasteiger partial charge in [0.15, 0.2) is 0 Å². The molecule has 3 nitrogen and oxygen atoms in total. The number of nitrogens with one attached hydrogen (secondary N) is 1. The van der Waals surface area contributed by atoms with Crippen molar-refractivity contribution in [2.24, 2.45) is 0 Å². The Morgan fingerprint density at radius 3 is 3.14 bits per heavy atom. The fourth-order valence-corrected chi connectivity index (χ4v) is 3.97. The first-order valence-corrected chi connectivity index (χ1v) is 8.47. The van der Waals surface area contributed by atoms with E-state index in [1.807, 2.05) is 23.6 Å². The van der Waals surface area contributed by atoms with Crippen LogP contribution in [0.3, 0.4) is 0 Å². The van der Waals surface area contributed by atoms with Gasteiger partial charge in [-0.25, -0.2) is 4.98 Å². The number of fused-ring (bicyclic) bond motifs is 1. The summed E-state index contributed by atoms with van der Waals surface area (Å²) in [5, 5.41) is 6.94. The smallest absolute Gasteiger partial charge is 0.140 e. The molecule has 4 heterocycles. The van der Waals surface area contributed by atoms with Gasteiger partial charge in [0.05, 0.1) is 6.54 Å². The normalized spacial score (nSPS) is 19.1. The van der Waals surface area contributed by atoms with E-state index >= 15 is 0 Å². The molecular weight excluding hydrogens is 278 g/mol. The van der Waals surface area contributed by atoms with Crippen LogP contribution >= 0.6 is 11.3 Å². The van der Waals surface area contributed by atoms with Gasteiger partial charge in [0.2, 0.25) is 0 Å². The van der Waals surface area contributed by atoms with Crippen LogP contribution in [0.15, 0.2) is 41.9 Å². The molecule has 0 bridgehead atoms. The lowest BCUT2D eigenvalue weighted by atomic mass is 9.96. The van der Waals surface area contributed by atoms with E-state index in [1.165, 1.54) is 28.8 Å². The van der Waals surface area contributed by atoms with Gasteiger partial charge in [-0.2, -0.15) is 0 Å². The summed E-state index contributed by atoms with van der Waals surface area (Å²) >= 11 is 1.82. The van der Waals surface area contributed by atoms with Crippen molar-refractivity contribution < 1.29 is 0 Å². The second-order valence-electron chi connectivity index (χ2n) is 5.69. The number of thiophene rings is 1. The topological polar surface area (TPSA) is 29.9 Å². The van der Waals surface area contributed by atoms with E-state index in [1.54, 1.807) is 0 Å². The zero-order valence-corrected chi connectivity index (χ0v) is 12.8. The lowest BCUT2D eigenvalue weighted by Crippen LogP contribution is -2.29. The molecule has 1 atom stereocenters. The molecule has 1 saturated heterocycles. The zero-order valence-electron chi connectivity index (χ0n) is 12.0. The molecule has 1 aliphatic rings. The monoisotopic (exact) mass is 297 g/mol. The van der Waals surface area contributed by atoms with Crippen LogP contribution in [0.4, 0.5) is 0 Å². The van der Waals surface area contributed by atoms with E-state index < -0.39 is 0 Å². The number of pyridine rings is 1. The van der Waals surface area contributed by atoms with Crippen molar-refractivity contribution in [1.29, 1.82) is 0 Å². The maximum atomic E-state index is 4.62. The van der Waals surface area contributed by atoms with Crippen molar-refractivity contribution in [3.05, 3.63) is 52.5 Å². The van der Waals surface area contributed by atoms with Crippen LogP contribution in [-0.2, 0) is 6.54 Å². The van der Waals surface area contributed by atoms with Crippen molar-refractivity contribution in [3.63, 3.8) is 0 Å². The summed E-state index contributed by atoms with van der Waals surface area (Å²) in [5.74, 6) is 0.605. The highest BCUT2D eigenvalue weighted by Crippen LogP contribution is 2.29. The molecule has 1 fully saturated rings. The Balaban J connectivity index is 1.80. The maximum absolute atomic E-state index is 4.62. The molecule has 0 spiro atoms. The summed E-state index contributed by atoms with van der Waals surface area (Å²) in [4.78, 5) is 6.02. The third-order valence-corrected chi connectivity index (χ3v) is 5.16. The maximum Gasteiger partial charge on any atom is 0.140 e. The third-order valence-electron chi connectivity index (χ3n) is 4.30. The minimum atomic E-state index is 0.605. The van der Waals surface area contributed by atoms with Crippen LogP contribution in [0.1, 0.15) is 29.3 Å². The number of piperidine rings is 1. The number of hydrogen-bond donors (Lipinski definition) is 1. The summed E-state index contributed by atoms with van der Waals surface area (Å²) in [6.07, 6.45) is 4.43. The Bertz CT molecular complexity index is 724. The molecular formula is C17H19N3S. The van der Waals surface area contributed by atoms with E-state index in [9.17, 15) is 0 Å². The summed E-state index contributed by atoms with van der Waals surface area (Å²) < 4.78 is 2.42. The van der Waals surface area contributed by atoms with Crippen LogP contribution < -0.4 is 5.32 Å². The van der Waals surface area contributed by atoms with Crippen molar-refractivity contribution in [2.75, 3.05) is 13.1 Å². The van der Waals surface area contributed by atoms with E-state index in [-0.39, 0.29) is 0 Å². The Morgan fingerprint density at radius 2 is 2.33 bits per heavy atom. The van der Waals surface area contributed by atoms with E-state index in [4.69, 9.17) is 0 Å². The molecule has 1 unspecified atom stereocenters. The van der Waals surface area contributed by atoms with Crippen LogP contribution in [0.25, 0.3) is 11.0 Å². The van der Waals surface area contributed by atoms with Gasteiger partial charge < -0.3 is 9.88 Å². The molecule has 0 radical (unpaired) electrons. The first-order chi connectivity index (χ1) is 10.4. The van der Waals surface area contributed by atoms with Gasteiger partial charge in [0, 0.05) is 34.6 Å².